The molecule has 3 unspecified atom stereocenters. The van der Waals surface area contributed by atoms with Crippen LogP contribution in [0.25, 0.3) is 0 Å². The van der Waals surface area contributed by atoms with Crippen molar-refractivity contribution in [2.75, 3.05) is 6.54 Å². The predicted molar refractivity (Wildman–Crippen MR) is 85.3 cm³/mol. The van der Waals surface area contributed by atoms with Crippen molar-refractivity contribution in [2.45, 2.75) is 37.9 Å². The van der Waals surface area contributed by atoms with Crippen LogP contribution in [0, 0.1) is 11.8 Å². The average Bonchev–Trinajstić information content (AvgIpc) is 3.31. The fourth-order valence-electron chi connectivity index (χ4n) is 3.22. The van der Waals surface area contributed by atoms with Crippen molar-refractivity contribution in [1.82, 2.24) is 5.01 Å². The lowest BCUT2D eigenvalue weighted by Gasteiger charge is -2.29. The van der Waals surface area contributed by atoms with Crippen molar-refractivity contribution in [1.29, 1.82) is 0 Å². The maximum absolute atomic E-state index is 14.1. The molecule has 0 spiro atoms. The smallest absolute Gasteiger partial charge is 0.174 e. The monoisotopic (exact) mass is 323 g/mol. The van der Waals surface area contributed by atoms with Gasteiger partial charge in [-0.25, -0.2) is 18.2 Å². The molecule has 124 valence electrons. The number of hydrazone groups is 1. The van der Waals surface area contributed by atoms with E-state index in [1.54, 1.807) is 6.08 Å². The Morgan fingerprint density at radius 3 is 2.70 bits per heavy atom. The molecule has 1 saturated heterocycles. The van der Waals surface area contributed by atoms with Gasteiger partial charge in [-0.3, -0.25) is 5.01 Å². The standard InChI is InChI=1S/C17H20F3N3/c1-10(11-6-7-11)17(21-2)22-23-9-12(18)8-15(23)13-4-3-5-14(19)16(13)20/h3,5,11-13,15H,1-2,4,6-9H2/b22-17-. The van der Waals surface area contributed by atoms with Crippen molar-refractivity contribution in [3.05, 3.63) is 36.0 Å². The third-order valence-corrected chi connectivity index (χ3v) is 4.67. The Morgan fingerprint density at radius 1 is 1.30 bits per heavy atom. The second-order valence-electron chi connectivity index (χ2n) is 6.34. The van der Waals surface area contributed by atoms with Gasteiger partial charge in [-0.05, 0) is 43.5 Å². The quantitative estimate of drug-likeness (QED) is 0.565. The second-order valence-corrected chi connectivity index (χ2v) is 6.34. The molecule has 0 N–H and O–H groups in total. The number of amidine groups is 1. The maximum Gasteiger partial charge on any atom is 0.174 e. The fraction of sp³-hybridized carbons (Fsp3) is 0.529. The van der Waals surface area contributed by atoms with E-state index in [0.29, 0.717) is 18.2 Å². The summed E-state index contributed by atoms with van der Waals surface area (Å²) in [6, 6.07) is -0.524. The maximum atomic E-state index is 14.1. The first-order valence-corrected chi connectivity index (χ1v) is 7.88. The van der Waals surface area contributed by atoms with E-state index >= 15 is 0 Å². The lowest BCUT2D eigenvalue weighted by Crippen LogP contribution is -2.34. The molecule has 0 aromatic carbocycles. The molecule has 0 radical (unpaired) electrons. The van der Waals surface area contributed by atoms with E-state index in [2.05, 4.69) is 23.4 Å². The Morgan fingerprint density at radius 2 is 2.04 bits per heavy atom. The van der Waals surface area contributed by atoms with Crippen LogP contribution in [0.2, 0.25) is 0 Å². The summed E-state index contributed by atoms with van der Waals surface area (Å²) < 4.78 is 41.5. The molecule has 2 aliphatic carbocycles. The van der Waals surface area contributed by atoms with Gasteiger partial charge < -0.3 is 0 Å². The van der Waals surface area contributed by atoms with Crippen molar-refractivity contribution in [2.24, 2.45) is 21.9 Å². The Kier molecular flexibility index (Phi) is 4.41. The molecule has 0 amide bonds. The minimum atomic E-state index is -1.12. The van der Waals surface area contributed by atoms with Crippen LogP contribution < -0.4 is 0 Å². The van der Waals surface area contributed by atoms with E-state index in [9.17, 15) is 13.2 Å². The SMILES string of the molecule is C=N/C(=N\N1CC(F)CC1C1CC=CC(F)=C1F)C(=C)C1CC1. The van der Waals surface area contributed by atoms with Crippen molar-refractivity contribution in [3.63, 3.8) is 0 Å². The first-order valence-electron chi connectivity index (χ1n) is 7.88. The number of hydrogen-bond donors (Lipinski definition) is 0. The van der Waals surface area contributed by atoms with Crippen LogP contribution in [-0.4, -0.2) is 36.3 Å². The highest BCUT2D eigenvalue weighted by molar-refractivity contribution is 6.01. The van der Waals surface area contributed by atoms with Crippen LogP contribution in [0.15, 0.2) is 46.1 Å². The number of hydrogen-bond acceptors (Lipinski definition) is 2. The third kappa shape index (κ3) is 3.26. The van der Waals surface area contributed by atoms with Gasteiger partial charge in [-0.15, -0.1) is 0 Å². The van der Waals surface area contributed by atoms with Crippen molar-refractivity contribution < 1.29 is 13.2 Å². The number of rotatable bonds is 4. The summed E-state index contributed by atoms with van der Waals surface area (Å²) in [5, 5.41) is 5.87. The molecule has 2 fully saturated rings. The summed E-state index contributed by atoms with van der Waals surface area (Å²) in [5.74, 6) is -1.68. The minimum Gasteiger partial charge on any atom is -0.288 e. The molecule has 1 aliphatic heterocycles. The zero-order chi connectivity index (χ0) is 16.6. The summed E-state index contributed by atoms with van der Waals surface area (Å²) in [5.41, 5.74) is 0.784. The Hall–Kier alpha value is -1.85. The molecule has 3 rings (SSSR count). The molecular formula is C17H20F3N3. The molecule has 3 nitrogen and oxygen atoms in total. The summed E-state index contributed by atoms with van der Waals surface area (Å²) in [4.78, 5) is 3.89. The first kappa shape index (κ1) is 16.0. The zero-order valence-electron chi connectivity index (χ0n) is 12.9. The molecule has 3 aliphatic rings. The number of aliphatic imine (C=N–C) groups is 1. The summed E-state index contributed by atoms with van der Waals surface area (Å²) in [6.45, 7) is 7.53. The van der Waals surface area contributed by atoms with E-state index < -0.39 is 29.8 Å². The van der Waals surface area contributed by atoms with Gasteiger partial charge in [0.2, 0.25) is 0 Å². The molecular weight excluding hydrogens is 303 g/mol. The zero-order valence-corrected chi connectivity index (χ0v) is 12.9. The third-order valence-electron chi connectivity index (χ3n) is 4.67. The van der Waals surface area contributed by atoms with E-state index in [1.807, 2.05) is 0 Å². The number of halogens is 3. The summed E-state index contributed by atoms with van der Waals surface area (Å²) >= 11 is 0. The second kappa shape index (κ2) is 6.34. The number of nitrogens with zero attached hydrogens (tertiary/aromatic N) is 3. The molecule has 6 heteroatoms. The molecule has 0 aromatic heterocycles. The lowest BCUT2D eigenvalue weighted by molar-refractivity contribution is 0.193. The topological polar surface area (TPSA) is 28.0 Å². The van der Waals surface area contributed by atoms with Gasteiger partial charge in [-0.1, -0.05) is 12.7 Å². The van der Waals surface area contributed by atoms with Gasteiger partial charge in [0.15, 0.2) is 11.7 Å². The summed E-state index contributed by atoms with van der Waals surface area (Å²) in [6.07, 6.45) is 4.12. The van der Waals surface area contributed by atoms with Gasteiger partial charge >= 0.3 is 0 Å². The van der Waals surface area contributed by atoms with Gasteiger partial charge in [0.1, 0.15) is 12.0 Å². The van der Waals surface area contributed by atoms with Gasteiger partial charge in [0.05, 0.1) is 12.6 Å². The van der Waals surface area contributed by atoms with Crippen LogP contribution in [0.4, 0.5) is 13.2 Å². The molecule has 0 aromatic rings. The molecule has 1 saturated carbocycles. The Labute approximate surface area is 134 Å². The van der Waals surface area contributed by atoms with E-state index in [-0.39, 0.29) is 13.0 Å². The number of allylic oxidation sites excluding steroid dienone is 3. The lowest BCUT2D eigenvalue weighted by atomic mass is 9.90. The predicted octanol–water partition coefficient (Wildman–Crippen LogP) is 4.11. The van der Waals surface area contributed by atoms with Crippen LogP contribution in [0.3, 0.4) is 0 Å². The normalized spacial score (nSPS) is 31.7. The highest BCUT2D eigenvalue weighted by Crippen LogP contribution is 2.39. The Balaban J connectivity index is 1.83. The molecule has 23 heavy (non-hydrogen) atoms. The van der Waals surface area contributed by atoms with Crippen LogP contribution in [0.5, 0.6) is 0 Å². The highest BCUT2D eigenvalue weighted by atomic mass is 19.2. The fourth-order valence-corrected chi connectivity index (χ4v) is 3.22. The van der Waals surface area contributed by atoms with Crippen molar-refractivity contribution >= 4 is 12.6 Å². The van der Waals surface area contributed by atoms with E-state index in [4.69, 9.17) is 0 Å². The first-order chi connectivity index (χ1) is 11.0. The van der Waals surface area contributed by atoms with E-state index in [1.165, 1.54) is 5.01 Å². The molecule has 1 heterocycles. The van der Waals surface area contributed by atoms with Gasteiger partial charge in [-0.2, -0.15) is 5.10 Å². The van der Waals surface area contributed by atoms with Gasteiger partial charge in [0.25, 0.3) is 0 Å². The average molecular weight is 323 g/mol. The largest absolute Gasteiger partial charge is 0.288 e. The molecule has 0 bridgehead atoms. The van der Waals surface area contributed by atoms with Gasteiger partial charge in [0, 0.05) is 12.3 Å². The van der Waals surface area contributed by atoms with Crippen LogP contribution >= 0.6 is 0 Å². The Bertz CT molecular complexity index is 604. The van der Waals surface area contributed by atoms with Crippen LogP contribution in [-0.2, 0) is 0 Å². The van der Waals surface area contributed by atoms with Crippen LogP contribution in [0.1, 0.15) is 25.7 Å². The minimum absolute atomic E-state index is 0.0523. The summed E-state index contributed by atoms with van der Waals surface area (Å²) in [7, 11) is 0. The number of alkyl halides is 1. The highest BCUT2D eigenvalue weighted by Gasteiger charge is 2.41. The van der Waals surface area contributed by atoms with Crippen molar-refractivity contribution in [3.8, 4) is 0 Å². The van der Waals surface area contributed by atoms with E-state index in [0.717, 1.165) is 24.5 Å². The molecule has 3 atom stereocenters.